The molecule has 4 nitrogen and oxygen atoms in total. The van der Waals surface area contributed by atoms with Gasteiger partial charge in [-0.15, -0.1) is 0 Å². The second kappa shape index (κ2) is 4.45. The van der Waals surface area contributed by atoms with Gasteiger partial charge in [0.2, 0.25) is 0 Å². The summed E-state index contributed by atoms with van der Waals surface area (Å²) in [6.07, 6.45) is 2.79. The van der Waals surface area contributed by atoms with Crippen molar-refractivity contribution in [3.8, 4) is 0 Å². The van der Waals surface area contributed by atoms with Crippen molar-refractivity contribution in [3.63, 3.8) is 0 Å². The number of carbonyl (C=O) groups excluding carboxylic acids is 1. The molecule has 0 aliphatic rings. The van der Waals surface area contributed by atoms with E-state index in [0.717, 1.165) is 0 Å². The molecule has 0 aromatic carbocycles. The maximum Gasteiger partial charge on any atom is 0.163 e. The predicted molar refractivity (Wildman–Crippen MR) is 62.3 cm³/mol. The molecule has 4 heteroatoms. The maximum absolute atomic E-state index is 11.2. The Morgan fingerprint density at radius 3 is 2.44 bits per heavy atom. The van der Waals surface area contributed by atoms with E-state index in [4.69, 9.17) is 5.73 Å². The number of rotatable bonds is 3. The van der Waals surface area contributed by atoms with Crippen molar-refractivity contribution in [3.05, 3.63) is 35.8 Å². The Balaban J connectivity index is 3.09. The Hall–Kier alpha value is -1.68. The van der Waals surface area contributed by atoms with Crippen molar-refractivity contribution in [2.24, 2.45) is 5.73 Å². The summed E-state index contributed by atoms with van der Waals surface area (Å²) < 4.78 is 0. The average Bonchev–Trinajstić information content (AvgIpc) is 2.17. The lowest BCUT2D eigenvalue weighted by molar-refractivity contribution is -0.111. The normalized spacial score (nSPS) is 12.6. The number of allylic oxidation sites excluding steroid dienone is 1. The minimum Gasteiger partial charge on any atom is -0.404 e. The number of Topliss-reactive ketones (excluding diaryl/α,β-unsaturated/α-hetero) is 1. The minimum absolute atomic E-state index is 0.133. The van der Waals surface area contributed by atoms with Gasteiger partial charge in [-0.05, 0) is 26.8 Å². The number of aliphatic hydroxyl groups is 1. The van der Waals surface area contributed by atoms with E-state index in [1.807, 2.05) is 0 Å². The van der Waals surface area contributed by atoms with Crippen molar-refractivity contribution in [1.82, 2.24) is 4.98 Å². The Morgan fingerprint density at radius 1 is 1.50 bits per heavy atom. The number of hydrogen-bond acceptors (Lipinski definition) is 4. The van der Waals surface area contributed by atoms with Crippen molar-refractivity contribution < 1.29 is 9.90 Å². The molecule has 0 spiro atoms. The number of hydrogen-bond donors (Lipinski definition) is 2. The summed E-state index contributed by atoms with van der Waals surface area (Å²) in [4.78, 5) is 15.3. The van der Waals surface area contributed by atoms with Gasteiger partial charge in [0.15, 0.2) is 5.78 Å². The zero-order valence-electron chi connectivity index (χ0n) is 9.69. The molecule has 0 fully saturated rings. The number of aromatic nitrogens is 1. The summed E-state index contributed by atoms with van der Waals surface area (Å²) in [5.74, 6) is -0.133. The van der Waals surface area contributed by atoms with Gasteiger partial charge in [-0.2, -0.15) is 0 Å². The third kappa shape index (κ3) is 2.67. The van der Waals surface area contributed by atoms with Crippen LogP contribution in [0.4, 0.5) is 0 Å². The fraction of sp³-hybridized carbons (Fsp3) is 0.333. The molecule has 1 aromatic heterocycles. The zero-order chi connectivity index (χ0) is 12.3. The molecule has 0 atom stereocenters. The molecule has 0 radical (unpaired) electrons. The standard InChI is InChI=1S/C12H16N2O2/c1-8(15)10(6-13)11-5-4-9(7-14-11)12(2,3)16/h4-7,16H,13H2,1-3H3/b10-6-. The third-order valence-corrected chi connectivity index (χ3v) is 2.29. The number of nitrogens with zero attached hydrogens (tertiary/aromatic N) is 1. The van der Waals surface area contributed by atoms with E-state index in [9.17, 15) is 9.90 Å². The molecule has 0 saturated heterocycles. The Morgan fingerprint density at radius 2 is 2.12 bits per heavy atom. The van der Waals surface area contributed by atoms with Gasteiger partial charge in [0.25, 0.3) is 0 Å². The van der Waals surface area contributed by atoms with E-state index in [1.54, 1.807) is 32.2 Å². The van der Waals surface area contributed by atoms with Gasteiger partial charge in [-0.3, -0.25) is 9.78 Å². The van der Waals surface area contributed by atoms with E-state index in [2.05, 4.69) is 4.98 Å². The first-order chi connectivity index (χ1) is 7.36. The second-order valence-electron chi connectivity index (χ2n) is 4.13. The van der Waals surface area contributed by atoms with Gasteiger partial charge in [-0.25, -0.2) is 0 Å². The van der Waals surface area contributed by atoms with Crippen LogP contribution in [0, 0.1) is 0 Å². The zero-order valence-corrected chi connectivity index (χ0v) is 9.69. The van der Waals surface area contributed by atoms with Crippen LogP contribution in [-0.2, 0) is 10.4 Å². The fourth-order valence-electron chi connectivity index (χ4n) is 1.30. The summed E-state index contributed by atoms with van der Waals surface area (Å²) in [5, 5.41) is 9.74. The number of pyridine rings is 1. The summed E-state index contributed by atoms with van der Waals surface area (Å²) >= 11 is 0. The highest BCUT2D eigenvalue weighted by molar-refractivity contribution is 6.18. The van der Waals surface area contributed by atoms with Gasteiger partial charge >= 0.3 is 0 Å². The van der Waals surface area contributed by atoms with Crippen LogP contribution in [0.25, 0.3) is 5.57 Å². The smallest absolute Gasteiger partial charge is 0.163 e. The van der Waals surface area contributed by atoms with Crippen LogP contribution in [0.1, 0.15) is 32.0 Å². The van der Waals surface area contributed by atoms with Gasteiger partial charge in [0.05, 0.1) is 16.9 Å². The Kier molecular flexibility index (Phi) is 3.44. The van der Waals surface area contributed by atoms with Crippen LogP contribution in [-0.4, -0.2) is 15.9 Å². The highest BCUT2D eigenvalue weighted by atomic mass is 16.3. The first kappa shape index (κ1) is 12.4. The van der Waals surface area contributed by atoms with E-state index >= 15 is 0 Å². The molecule has 1 aromatic rings. The highest BCUT2D eigenvalue weighted by Gasteiger charge is 2.17. The van der Waals surface area contributed by atoms with E-state index in [-0.39, 0.29) is 5.78 Å². The van der Waals surface area contributed by atoms with Crippen LogP contribution >= 0.6 is 0 Å². The largest absolute Gasteiger partial charge is 0.404 e. The molecule has 16 heavy (non-hydrogen) atoms. The van der Waals surface area contributed by atoms with Crippen LogP contribution in [0.5, 0.6) is 0 Å². The fourth-order valence-corrected chi connectivity index (χ4v) is 1.30. The molecule has 0 bridgehead atoms. The number of ketones is 1. The SMILES string of the molecule is CC(=O)/C(=C/N)c1ccc(C(C)(C)O)cn1. The van der Waals surface area contributed by atoms with Crippen molar-refractivity contribution in [2.45, 2.75) is 26.4 Å². The first-order valence-electron chi connectivity index (χ1n) is 4.98. The molecule has 0 amide bonds. The second-order valence-corrected chi connectivity index (χ2v) is 4.13. The third-order valence-electron chi connectivity index (χ3n) is 2.29. The molecule has 3 N–H and O–H groups in total. The van der Waals surface area contributed by atoms with Gasteiger partial charge in [-0.1, -0.05) is 6.07 Å². The summed E-state index contributed by atoms with van der Waals surface area (Å²) in [7, 11) is 0. The monoisotopic (exact) mass is 220 g/mol. The lowest BCUT2D eigenvalue weighted by Gasteiger charge is -2.17. The van der Waals surface area contributed by atoms with Crippen LogP contribution in [0.2, 0.25) is 0 Å². The summed E-state index contributed by atoms with van der Waals surface area (Å²) in [6.45, 7) is 4.78. The lowest BCUT2D eigenvalue weighted by Crippen LogP contribution is -2.16. The quantitative estimate of drug-likeness (QED) is 0.750. The summed E-state index contributed by atoms with van der Waals surface area (Å²) in [6, 6.07) is 3.40. The molecule has 86 valence electrons. The van der Waals surface area contributed by atoms with E-state index in [1.165, 1.54) is 13.1 Å². The first-order valence-corrected chi connectivity index (χ1v) is 4.98. The van der Waals surface area contributed by atoms with E-state index in [0.29, 0.717) is 16.8 Å². The van der Waals surface area contributed by atoms with Gasteiger partial charge in [0, 0.05) is 18.0 Å². The average molecular weight is 220 g/mol. The Bertz CT molecular complexity index is 414. The molecule has 0 aliphatic heterocycles. The molecular weight excluding hydrogens is 204 g/mol. The van der Waals surface area contributed by atoms with Crippen molar-refractivity contribution >= 4 is 11.4 Å². The maximum atomic E-state index is 11.2. The van der Waals surface area contributed by atoms with Crippen LogP contribution < -0.4 is 5.73 Å². The minimum atomic E-state index is -0.936. The topological polar surface area (TPSA) is 76.2 Å². The molecular formula is C12H16N2O2. The Labute approximate surface area is 94.8 Å². The van der Waals surface area contributed by atoms with Crippen molar-refractivity contribution in [1.29, 1.82) is 0 Å². The van der Waals surface area contributed by atoms with Crippen LogP contribution in [0.3, 0.4) is 0 Å². The van der Waals surface area contributed by atoms with Gasteiger partial charge < -0.3 is 10.8 Å². The predicted octanol–water partition coefficient (Wildman–Crippen LogP) is 1.20. The van der Waals surface area contributed by atoms with Crippen LogP contribution in [0.15, 0.2) is 24.5 Å². The lowest BCUT2D eigenvalue weighted by atomic mass is 9.99. The number of nitrogens with two attached hydrogens (primary N) is 1. The molecule has 0 aliphatic carbocycles. The van der Waals surface area contributed by atoms with Crippen molar-refractivity contribution in [2.75, 3.05) is 0 Å². The van der Waals surface area contributed by atoms with Gasteiger partial charge in [0.1, 0.15) is 0 Å². The molecule has 1 rings (SSSR count). The molecule has 0 unspecified atom stereocenters. The highest BCUT2D eigenvalue weighted by Crippen LogP contribution is 2.20. The number of carbonyl (C=O) groups is 1. The molecule has 0 saturated carbocycles. The van der Waals surface area contributed by atoms with E-state index < -0.39 is 5.60 Å². The summed E-state index contributed by atoms with van der Waals surface area (Å²) in [5.41, 5.74) is 6.01. The molecule has 1 heterocycles.